The molecule has 0 aromatic carbocycles. The highest BCUT2D eigenvalue weighted by atomic mass is 19.4. The second-order valence-corrected chi connectivity index (χ2v) is 7.54. The molecular formula is C18H21F3N4O2. The molecule has 1 aliphatic carbocycles. The fourth-order valence-electron chi connectivity index (χ4n) is 4.48. The van der Waals surface area contributed by atoms with Gasteiger partial charge in [0, 0.05) is 38.2 Å². The summed E-state index contributed by atoms with van der Waals surface area (Å²) in [6, 6.07) is 0.938. The summed E-state index contributed by atoms with van der Waals surface area (Å²) in [5.74, 6) is 0.108. The molecule has 27 heavy (non-hydrogen) atoms. The summed E-state index contributed by atoms with van der Waals surface area (Å²) in [5, 5.41) is 8.92. The molecule has 3 aliphatic rings. The highest BCUT2D eigenvalue weighted by Gasteiger charge is 2.56. The lowest BCUT2D eigenvalue weighted by Gasteiger charge is -2.26. The zero-order chi connectivity index (χ0) is 19.3. The Hall–Kier alpha value is -2.32. The van der Waals surface area contributed by atoms with E-state index in [-0.39, 0.29) is 42.0 Å². The molecule has 0 bridgehead atoms. The standard InChI is InChI=1S/C18H21F3N4O2/c1-2-10-4-3-5-25(10)17-22-14(18(19,20)21)7-15(23-17)24-8-12-11(6-16(26)27)13(12)9-24/h2,7,10-13H,1,3-6,8-9H2,(H,26,27)/t10-,11?,12-,13+/m0/s1. The highest BCUT2D eigenvalue weighted by Crippen LogP contribution is 2.54. The smallest absolute Gasteiger partial charge is 0.433 e. The molecule has 1 N–H and O–H groups in total. The van der Waals surface area contributed by atoms with Crippen molar-refractivity contribution in [3.63, 3.8) is 0 Å². The van der Waals surface area contributed by atoms with Crippen LogP contribution >= 0.6 is 0 Å². The number of alkyl halides is 3. The maximum Gasteiger partial charge on any atom is 0.433 e. The van der Waals surface area contributed by atoms with E-state index >= 15 is 0 Å². The van der Waals surface area contributed by atoms with Crippen molar-refractivity contribution in [1.29, 1.82) is 0 Å². The second-order valence-electron chi connectivity index (χ2n) is 7.54. The Bertz CT molecular complexity index is 757. The van der Waals surface area contributed by atoms with Gasteiger partial charge >= 0.3 is 12.1 Å². The SMILES string of the molecule is C=C[C@H]1CCCN1c1nc(N2C[C@@H]3C(CC(=O)O)[C@@H]3C2)cc(C(F)(F)F)n1. The van der Waals surface area contributed by atoms with Crippen molar-refractivity contribution in [3.05, 3.63) is 24.4 Å². The number of aliphatic carboxylic acids is 1. The first-order chi connectivity index (χ1) is 12.8. The van der Waals surface area contributed by atoms with E-state index in [9.17, 15) is 18.0 Å². The number of rotatable bonds is 5. The molecule has 4 rings (SSSR count). The van der Waals surface area contributed by atoms with E-state index in [1.165, 1.54) is 0 Å². The van der Waals surface area contributed by atoms with E-state index in [0.29, 0.717) is 19.6 Å². The van der Waals surface area contributed by atoms with E-state index in [0.717, 1.165) is 18.9 Å². The van der Waals surface area contributed by atoms with E-state index in [1.54, 1.807) is 11.0 Å². The third-order valence-corrected chi connectivity index (χ3v) is 5.93. The number of carbonyl (C=O) groups is 1. The Labute approximate surface area is 154 Å². The van der Waals surface area contributed by atoms with Crippen molar-refractivity contribution in [2.45, 2.75) is 31.5 Å². The topological polar surface area (TPSA) is 69.6 Å². The van der Waals surface area contributed by atoms with Crippen molar-refractivity contribution in [2.24, 2.45) is 17.8 Å². The molecule has 1 saturated carbocycles. The molecule has 2 aliphatic heterocycles. The first kappa shape index (κ1) is 18.1. The number of carboxylic acids is 1. The summed E-state index contributed by atoms with van der Waals surface area (Å²) in [5.41, 5.74) is -0.945. The summed E-state index contributed by atoms with van der Waals surface area (Å²) >= 11 is 0. The summed E-state index contributed by atoms with van der Waals surface area (Å²) in [6.45, 7) is 5.45. The molecule has 0 spiro atoms. The van der Waals surface area contributed by atoms with Crippen LogP contribution in [0.2, 0.25) is 0 Å². The van der Waals surface area contributed by atoms with Crippen LogP contribution < -0.4 is 9.80 Å². The highest BCUT2D eigenvalue weighted by molar-refractivity contribution is 5.68. The predicted octanol–water partition coefficient (Wildman–Crippen LogP) is 2.81. The Kier molecular flexibility index (Phi) is 4.27. The first-order valence-electron chi connectivity index (χ1n) is 9.10. The Balaban J connectivity index is 1.59. The van der Waals surface area contributed by atoms with Crippen LogP contribution in [-0.2, 0) is 11.0 Å². The average Bonchev–Trinajstić information content (AvgIpc) is 3.02. The number of hydrogen-bond acceptors (Lipinski definition) is 5. The molecule has 0 radical (unpaired) electrons. The van der Waals surface area contributed by atoms with E-state index in [1.807, 2.05) is 4.90 Å². The van der Waals surface area contributed by atoms with Gasteiger partial charge in [0.15, 0.2) is 5.69 Å². The van der Waals surface area contributed by atoms with Crippen LogP contribution in [-0.4, -0.2) is 46.7 Å². The van der Waals surface area contributed by atoms with Crippen LogP contribution in [0.3, 0.4) is 0 Å². The van der Waals surface area contributed by atoms with Crippen molar-refractivity contribution in [3.8, 4) is 0 Å². The Morgan fingerprint density at radius 1 is 1.33 bits per heavy atom. The third kappa shape index (κ3) is 3.35. The molecule has 1 unspecified atom stereocenters. The van der Waals surface area contributed by atoms with Crippen LogP contribution in [0.4, 0.5) is 24.9 Å². The lowest BCUT2D eigenvalue weighted by atomic mass is 10.2. The maximum absolute atomic E-state index is 13.4. The van der Waals surface area contributed by atoms with Gasteiger partial charge in [0.1, 0.15) is 5.82 Å². The lowest BCUT2D eigenvalue weighted by Crippen LogP contribution is -2.32. The minimum Gasteiger partial charge on any atom is -0.481 e. The Morgan fingerprint density at radius 3 is 2.63 bits per heavy atom. The van der Waals surface area contributed by atoms with Crippen molar-refractivity contribution in [2.75, 3.05) is 29.4 Å². The number of anilines is 2. The minimum absolute atomic E-state index is 0.0618. The molecule has 146 valence electrons. The van der Waals surface area contributed by atoms with Gasteiger partial charge < -0.3 is 14.9 Å². The zero-order valence-electron chi connectivity index (χ0n) is 14.7. The molecular weight excluding hydrogens is 361 g/mol. The summed E-state index contributed by atoms with van der Waals surface area (Å²) < 4.78 is 40.1. The van der Waals surface area contributed by atoms with Gasteiger partial charge in [-0.2, -0.15) is 18.2 Å². The molecule has 1 aromatic rings. The van der Waals surface area contributed by atoms with Crippen LogP contribution in [0.5, 0.6) is 0 Å². The van der Waals surface area contributed by atoms with Crippen LogP contribution in [0.1, 0.15) is 25.0 Å². The van der Waals surface area contributed by atoms with Gasteiger partial charge in [0.2, 0.25) is 5.95 Å². The number of carboxylic acid groups (broad SMARTS) is 1. The molecule has 0 amide bonds. The normalized spacial score (nSPS) is 29.7. The van der Waals surface area contributed by atoms with E-state index in [2.05, 4.69) is 16.5 Å². The van der Waals surface area contributed by atoms with Gasteiger partial charge in [-0.25, -0.2) is 4.98 Å². The molecule has 9 heteroatoms. The van der Waals surface area contributed by atoms with E-state index in [4.69, 9.17) is 5.11 Å². The van der Waals surface area contributed by atoms with Gasteiger partial charge in [0.05, 0.1) is 0 Å². The fraction of sp³-hybridized carbons (Fsp3) is 0.611. The van der Waals surface area contributed by atoms with Gasteiger partial charge in [-0.15, -0.1) is 6.58 Å². The molecule has 1 aromatic heterocycles. The third-order valence-electron chi connectivity index (χ3n) is 5.93. The number of nitrogens with zero attached hydrogens (tertiary/aromatic N) is 4. The van der Waals surface area contributed by atoms with Gasteiger partial charge in [-0.3, -0.25) is 4.79 Å². The molecule has 4 atom stereocenters. The van der Waals surface area contributed by atoms with Crippen LogP contribution in [0.15, 0.2) is 18.7 Å². The minimum atomic E-state index is -4.55. The maximum atomic E-state index is 13.4. The molecule has 2 saturated heterocycles. The van der Waals surface area contributed by atoms with Gasteiger partial charge in [-0.1, -0.05) is 6.08 Å². The molecule has 6 nitrogen and oxygen atoms in total. The molecule has 3 fully saturated rings. The molecule has 3 heterocycles. The Morgan fingerprint density at radius 2 is 2.04 bits per heavy atom. The van der Waals surface area contributed by atoms with E-state index < -0.39 is 17.8 Å². The number of aromatic nitrogens is 2. The number of fused-ring (bicyclic) bond motifs is 1. The van der Waals surface area contributed by atoms with Crippen molar-refractivity contribution >= 4 is 17.7 Å². The van der Waals surface area contributed by atoms with Gasteiger partial charge in [0.25, 0.3) is 0 Å². The summed E-state index contributed by atoms with van der Waals surface area (Å²) in [6.07, 6.45) is -1.03. The van der Waals surface area contributed by atoms with Crippen LogP contribution in [0.25, 0.3) is 0 Å². The van der Waals surface area contributed by atoms with Gasteiger partial charge in [-0.05, 0) is 30.6 Å². The van der Waals surface area contributed by atoms with Crippen molar-refractivity contribution < 1.29 is 23.1 Å². The summed E-state index contributed by atoms with van der Waals surface area (Å²) in [4.78, 5) is 22.7. The first-order valence-corrected chi connectivity index (χ1v) is 9.10. The quantitative estimate of drug-likeness (QED) is 0.790. The monoisotopic (exact) mass is 382 g/mol. The van der Waals surface area contributed by atoms with Crippen LogP contribution in [0, 0.1) is 17.8 Å². The van der Waals surface area contributed by atoms with Crippen molar-refractivity contribution in [1.82, 2.24) is 9.97 Å². The summed E-state index contributed by atoms with van der Waals surface area (Å²) in [7, 11) is 0. The predicted molar refractivity (Wildman–Crippen MR) is 92.5 cm³/mol. The second kappa shape index (κ2) is 6.38. The average molecular weight is 382 g/mol. The lowest BCUT2D eigenvalue weighted by molar-refractivity contribution is -0.141. The number of halogens is 3. The number of piperidine rings is 1. The largest absolute Gasteiger partial charge is 0.481 e. The number of hydrogen-bond donors (Lipinski definition) is 1. The fourth-order valence-corrected chi connectivity index (χ4v) is 4.48. The zero-order valence-corrected chi connectivity index (χ0v) is 14.7.